The summed E-state index contributed by atoms with van der Waals surface area (Å²) in [6, 6.07) is 7.77. The second-order valence-electron chi connectivity index (χ2n) is 8.19. The van der Waals surface area contributed by atoms with Gasteiger partial charge in [0.25, 0.3) is 5.56 Å². The summed E-state index contributed by atoms with van der Waals surface area (Å²) in [5.41, 5.74) is 1.22. The minimum atomic E-state index is -0.189. The maximum Gasteiger partial charge on any atom is 0.291 e. The first-order valence-electron chi connectivity index (χ1n) is 10.5. The second-order valence-corrected chi connectivity index (χ2v) is 8.19. The number of nitrogens with zero attached hydrogens (tertiary/aromatic N) is 4. The Morgan fingerprint density at radius 2 is 2.10 bits per heavy atom. The van der Waals surface area contributed by atoms with E-state index in [1.165, 1.54) is 17.5 Å². The third-order valence-electron chi connectivity index (χ3n) is 5.88. The smallest absolute Gasteiger partial charge is 0.291 e. The zero-order valence-corrected chi connectivity index (χ0v) is 17.2. The van der Waals surface area contributed by atoms with Crippen LogP contribution >= 0.6 is 0 Å². The van der Waals surface area contributed by atoms with Crippen molar-refractivity contribution in [1.29, 1.82) is 0 Å². The summed E-state index contributed by atoms with van der Waals surface area (Å²) < 4.78 is 3.13. The van der Waals surface area contributed by atoms with Gasteiger partial charge in [-0.25, -0.2) is 4.68 Å². The molecule has 0 bridgehead atoms. The first-order chi connectivity index (χ1) is 14.0. The third kappa shape index (κ3) is 4.05. The van der Waals surface area contributed by atoms with Crippen LogP contribution in [0.5, 0.6) is 0 Å². The van der Waals surface area contributed by atoms with Gasteiger partial charge in [-0.1, -0.05) is 25.1 Å². The molecule has 0 radical (unpaired) electrons. The Kier molecular flexibility index (Phi) is 5.67. The number of rotatable bonds is 6. The van der Waals surface area contributed by atoms with Crippen LogP contribution in [0.4, 0.5) is 0 Å². The van der Waals surface area contributed by atoms with Crippen LogP contribution in [0.3, 0.4) is 0 Å². The molecule has 0 unspecified atom stereocenters. The predicted octanol–water partition coefficient (Wildman–Crippen LogP) is 2.13. The Morgan fingerprint density at radius 1 is 1.28 bits per heavy atom. The van der Waals surface area contributed by atoms with Gasteiger partial charge >= 0.3 is 0 Å². The molecule has 0 saturated carbocycles. The topological polar surface area (TPSA) is 72.2 Å². The van der Waals surface area contributed by atoms with Crippen molar-refractivity contribution in [3.8, 4) is 0 Å². The molecule has 0 spiro atoms. The number of piperidine rings is 1. The molecule has 1 N–H and O–H groups in total. The zero-order valence-electron chi connectivity index (χ0n) is 17.2. The molecule has 2 aromatic heterocycles. The summed E-state index contributed by atoms with van der Waals surface area (Å²) in [6.07, 6.45) is 5.23. The SMILES string of the molecule is C[C@@H]1CCCN(CCCNC(=O)Cn2c3ccccc3c3cnn(C)c(=O)c32)C1. The van der Waals surface area contributed by atoms with Crippen molar-refractivity contribution in [3.63, 3.8) is 0 Å². The van der Waals surface area contributed by atoms with Crippen LogP contribution in [0.1, 0.15) is 26.2 Å². The Balaban J connectivity index is 1.45. The fourth-order valence-corrected chi connectivity index (χ4v) is 4.43. The molecule has 1 amide bonds. The summed E-state index contributed by atoms with van der Waals surface area (Å²) in [5, 5.41) is 8.90. The van der Waals surface area contributed by atoms with Gasteiger partial charge in [0.05, 0.1) is 6.20 Å². The standard InChI is InChI=1S/C22H29N5O2/c1-16-7-5-11-26(14-16)12-6-10-23-20(28)15-27-19-9-4-3-8-17(19)18-13-24-25(2)22(29)21(18)27/h3-4,8-9,13,16H,5-7,10-12,14-15H2,1-2H3,(H,23,28)/t16-/m1/s1. The second kappa shape index (κ2) is 8.37. The fraction of sp³-hybridized carbons (Fsp3) is 0.500. The maximum atomic E-state index is 12.7. The molecule has 1 aromatic carbocycles. The van der Waals surface area contributed by atoms with Gasteiger partial charge in [-0.2, -0.15) is 5.10 Å². The van der Waals surface area contributed by atoms with E-state index in [4.69, 9.17) is 0 Å². The minimum Gasteiger partial charge on any atom is -0.355 e. The van der Waals surface area contributed by atoms with Crippen LogP contribution in [-0.4, -0.2) is 51.3 Å². The molecule has 1 saturated heterocycles. The molecular weight excluding hydrogens is 366 g/mol. The van der Waals surface area contributed by atoms with E-state index < -0.39 is 0 Å². The molecule has 7 nitrogen and oxygen atoms in total. The van der Waals surface area contributed by atoms with Crippen molar-refractivity contribution < 1.29 is 4.79 Å². The van der Waals surface area contributed by atoms with E-state index in [9.17, 15) is 9.59 Å². The van der Waals surface area contributed by atoms with Crippen LogP contribution in [-0.2, 0) is 18.4 Å². The van der Waals surface area contributed by atoms with Gasteiger partial charge in [0, 0.05) is 36.4 Å². The van der Waals surface area contributed by atoms with E-state index >= 15 is 0 Å². The zero-order chi connectivity index (χ0) is 20.4. The Hall–Kier alpha value is -2.67. The van der Waals surface area contributed by atoms with Crippen LogP contribution in [0.25, 0.3) is 21.8 Å². The van der Waals surface area contributed by atoms with E-state index in [-0.39, 0.29) is 18.0 Å². The van der Waals surface area contributed by atoms with Crippen molar-refractivity contribution in [2.75, 3.05) is 26.2 Å². The van der Waals surface area contributed by atoms with Crippen LogP contribution in [0, 0.1) is 5.92 Å². The van der Waals surface area contributed by atoms with E-state index in [1.807, 2.05) is 28.8 Å². The van der Waals surface area contributed by atoms with Crippen molar-refractivity contribution >= 4 is 27.7 Å². The molecule has 1 atom stereocenters. The molecule has 7 heteroatoms. The number of benzene rings is 1. The van der Waals surface area contributed by atoms with E-state index in [0.29, 0.717) is 12.1 Å². The number of aryl methyl sites for hydroxylation is 1. The summed E-state index contributed by atoms with van der Waals surface area (Å²) in [4.78, 5) is 27.8. The number of likely N-dealkylation sites (tertiary alicyclic amines) is 1. The summed E-state index contributed by atoms with van der Waals surface area (Å²) in [6.45, 7) is 6.43. The molecule has 29 heavy (non-hydrogen) atoms. The number of amides is 1. The Bertz CT molecular complexity index is 1080. The van der Waals surface area contributed by atoms with Crippen LogP contribution < -0.4 is 10.9 Å². The highest BCUT2D eigenvalue weighted by atomic mass is 16.2. The number of fused-ring (bicyclic) bond motifs is 3. The summed E-state index contributed by atoms with van der Waals surface area (Å²) >= 11 is 0. The molecule has 3 heterocycles. The highest BCUT2D eigenvalue weighted by Crippen LogP contribution is 2.26. The van der Waals surface area contributed by atoms with E-state index in [2.05, 4.69) is 22.2 Å². The largest absolute Gasteiger partial charge is 0.355 e. The number of nitrogens with one attached hydrogen (secondary N) is 1. The van der Waals surface area contributed by atoms with Crippen LogP contribution in [0.15, 0.2) is 35.3 Å². The predicted molar refractivity (Wildman–Crippen MR) is 115 cm³/mol. The average molecular weight is 396 g/mol. The lowest BCUT2D eigenvalue weighted by Gasteiger charge is -2.30. The lowest BCUT2D eigenvalue weighted by Crippen LogP contribution is -2.37. The number of carbonyl (C=O) groups is 1. The van der Waals surface area contributed by atoms with Gasteiger partial charge in [-0.05, 0) is 44.3 Å². The molecule has 1 aliphatic heterocycles. The van der Waals surface area contributed by atoms with Crippen LogP contribution in [0.2, 0.25) is 0 Å². The van der Waals surface area contributed by atoms with Gasteiger partial charge in [0.15, 0.2) is 0 Å². The fourth-order valence-electron chi connectivity index (χ4n) is 4.43. The van der Waals surface area contributed by atoms with Gasteiger partial charge in [0.2, 0.25) is 5.91 Å². The number of para-hydroxylation sites is 1. The van der Waals surface area contributed by atoms with Crippen molar-refractivity contribution in [1.82, 2.24) is 24.6 Å². The quantitative estimate of drug-likeness (QED) is 0.649. The van der Waals surface area contributed by atoms with Gasteiger partial charge in [0.1, 0.15) is 12.1 Å². The molecule has 1 fully saturated rings. The normalized spacial score (nSPS) is 17.8. The Morgan fingerprint density at radius 3 is 2.93 bits per heavy atom. The molecule has 0 aliphatic carbocycles. The van der Waals surface area contributed by atoms with Gasteiger partial charge in [-0.3, -0.25) is 9.59 Å². The molecule has 1 aliphatic rings. The van der Waals surface area contributed by atoms with Crippen molar-refractivity contribution in [2.45, 2.75) is 32.7 Å². The van der Waals surface area contributed by atoms with E-state index in [0.717, 1.165) is 48.3 Å². The van der Waals surface area contributed by atoms with Gasteiger partial charge < -0.3 is 14.8 Å². The average Bonchev–Trinajstić information content (AvgIpc) is 3.02. The molecule has 4 rings (SSSR count). The number of aromatic nitrogens is 3. The third-order valence-corrected chi connectivity index (χ3v) is 5.88. The number of hydrogen-bond acceptors (Lipinski definition) is 4. The summed E-state index contributed by atoms with van der Waals surface area (Å²) in [5.74, 6) is 0.698. The van der Waals surface area contributed by atoms with Crippen molar-refractivity contribution in [2.24, 2.45) is 13.0 Å². The minimum absolute atomic E-state index is 0.0708. The maximum absolute atomic E-state index is 12.7. The number of hydrogen-bond donors (Lipinski definition) is 1. The first-order valence-corrected chi connectivity index (χ1v) is 10.5. The van der Waals surface area contributed by atoms with Gasteiger partial charge in [-0.15, -0.1) is 0 Å². The molecule has 3 aromatic rings. The van der Waals surface area contributed by atoms with Crippen molar-refractivity contribution in [3.05, 3.63) is 40.8 Å². The monoisotopic (exact) mass is 395 g/mol. The van der Waals surface area contributed by atoms with E-state index in [1.54, 1.807) is 13.2 Å². The Labute approximate surface area is 170 Å². The highest BCUT2D eigenvalue weighted by molar-refractivity contribution is 6.07. The lowest BCUT2D eigenvalue weighted by molar-refractivity contribution is -0.121. The summed E-state index contributed by atoms with van der Waals surface area (Å²) in [7, 11) is 1.63. The molecule has 154 valence electrons. The number of carbonyl (C=O) groups excluding carboxylic acids is 1. The first kappa shape index (κ1) is 19.6. The highest BCUT2D eigenvalue weighted by Gasteiger charge is 2.18. The molecular formula is C22H29N5O2. The lowest BCUT2D eigenvalue weighted by atomic mass is 10.0.